The van der Waals surface area contributed by atoms with E-state index in [0.717, 1.165) is 34.9 Å². The summed E-state index contributed by atoms with van der Waals surface area (Å²) in [5.41, 5.74) is 2.10. The number of nitrogens with one attached hydrogen (secondary N) is 2. The van der Waals surface area contributed by atoms with Gasteiger partial charge in [0.2, 0.25) is 0 Å². The number of nitrogens with zero attached hydrogens (tertiary/aromatic N) is 1. The van der Waals surface area contributed by atoms with Crippen LogP contribution in [0.3, 0.4) is 0 Å². The summed E-state index contributed by atoms with van der Waals surface area (Å²) in [7, 11) is 1.69. The van der Waals surface area contributed by atoms with Crippen molar-refractivity contribution < 1.29 is 4.74 Å². The third-order valence-electron chi connectivity index (χ3n) is 3.99. The zero-order valence-corrected chi connectivity index (χ0v) is 11.4. The van der Waals surface area contributed by atoms with Gasteiger partial charge in [0.05, 0.1) is 18.1 Å². The smallest absolute Gasteiger partial charge is 0.121 e. The Kier molecular flexibility index (Phi) is 3.69. The monoisotopic (exact) mass is 259 g/mol. The molecule has 2 heterocycles. The molecular formula is C15H21N3O. The second-order valence-electron chi connectivity index (χ2n) is 5.30. The van der Waals surface area contributed by atoms with Crippen molar-refractivity contribution in [3.05, 3.63) is 24.0 Å². The highest BCUT2D eigenvalue weighted by molar-refractivity contribution is 5.76. The molecule has 0 unspecified atom stereocenters. The molecule has 0 saturated carbocycles. The van der Waals surface area contributed by atoms with Crippen molar-refractivity contribution in [2.45, 2.75) is 25.7 Å². The summed E-state index contributed by atoms with van der Waals surface area (Å²) in [5, 5.41) is 3.41. The van der Waals surface area contributed by atoms with Gasteiger partial charge in [-0.3, -0.25) is 0 Å². The lowest BCUT2D eigenvalue weighted by atomic mass is 9.93. The lowest BCUT2D eigenvalue weighted by Gasteiger charge is -2.21. The van der Waals surface area contributed by atoms with Gasteiger partial charge in [0.15, 0.2) is 0 Å². The SMILES string of the molecule is COc1ccc2nc(CCC3CCNCC3)[nH]c2c1. The number of H-pyrrole nitrogens is 1. The highest BCUT2D eigenvalue weighted by Crippen LogP contribution is 2.21. The number of methoxy groups -OCH3 is 1. The number of fused-ring (bicyclic) bond motifs is 1. The van der Waals surface area contributed by atoms with Crippen LogP contribution in [0.2, 0.25) is 0 Å². The first-order valence-corrected chi connectivity index (χ1v) is 7.08. The van der Waals surface area contributed by atoms with E-state index in [1.807, 2.05) is 18.2 Å². The van der Waals surface area contributed by atoms with Crippen LogP contribution in [0.1, 0.15) is 25.1 Å². The minimum absolute atomic E-state index is 0.851. The van der Waals surface area contributed by atoms with Gasteiger partial charge in [-0.25, -0.2) is 4.98 Å². The quantitative estimate of drug-likeness (QED) is 0.887. The fourth-order valence-electron chi connectivity index (χ4n) is 2.80. The molecule has 4 nitrogen and oxygen atoms in total. The number of piperidine rings is 1. The van der Waals surface area contributed by atoms with Gasteiger partial charge in [0, 0.05) is 12.5 Å². The first-order valence-electron chi connectivity index (χ1n) is 7.08. The van der Waals surface area contributed by atoms with Crippen molar-refractivity contribution in [1.29, 1.82) is 0 Å². The first kappa shape index (κ1) is 12.5. The highest BCUT2D eigenvalue weighted by Gasteiger charge is 2.13. The molecule has 1 aromatic heterocycles. The van der Waals surface area contributed by atoms with Gasteiger partial charge in [-0.1, -0.05) is 0 Å². The molecular weight excluding hydrogens is 238 g/mol. The lowest BCUT2D eigenvalue weighted by molar-refractivity contribution is 0.352. The Balaban J connectivity index is 1.67. The summed E-state index contributed by atoms with van der Waals surface area (Å²) in [4.78, 5) is 8.05. The van der Waals surface area contributed by atoms with E-state index in [0.29, 0.717) is 0 Å². The van der Waals surface area contributed by atoms with Crippen LogP contribution in [-0.2, 0) is 6.42 Å². The molecule has 1 aliphatic heterocycles. The largest absolute Gasteiger partial charge is 0.497 e. The van der Waals surface area contributed by atoms with E-state index < -0.39 is 0 Å². The standard InChI is InChI=1S/C15H21N3O/c1-19-12-3-4-13-14(10-12)18-15(17-13)5-2-11-6-8-16-9-7-11/h3-4,10-11,16H,2,5-9H2,1H3,(H,17,18). The zero-order valence-electron chi connectivity index (χ0n) is 11.4. The zero-order chi connectivity index (χ0) is 13.1. The molecule has 3 rings (SSSR count). The Morgan fingerprint density at radius 1 is 1.32 bits per heavy atom. The van der Waals surface area contributed by atoms with Crippen molar-refractivity contribution in [2.75, 3.05) is 20.2 Å². The van der Waals surface area contributed by atoms with E-state index in [1.54, 1.807) is 7.11 Å². The van der Waals surface area contributed by atoms with Crippen LogP contribution in [0.25, 0.3) is 11.0 Å². The molecule has 2 N–H and O–H groups in total. The maximum absolute atomic E-state index is 5.23. The molecule has 1 fully saturated rings. The normalized spacial score (nSPS) is 16.9. The number of hydrogen-bond donors (Lipinski definition) is 2. The number of imidazole rings is 1. The number of benzene rings is 1. The summed E-state index contributed by atoms with van der Waals surface area (Å²) < 4.78 is 5.23. The maximum atomic E-state index is 5.23. The highest BCUT2D eigenvalue weighted by atomic mass is 16.5. The molecule has 4 heteroatoms. The number of ether oxygens (including phenoxy) is 1. The second-order valence-corrected chi connectivity index (χ2v) is 5.30. The second kappa shape index (κ2) is 5.61. The molecule has 0 atom stereocenters. The lowest BCUT2D eigenvalue weighted by Crippen LogP contribution is -2.27. The van der Waals surface area contributed by atoms with Crippen molar-refractivity contribution in [2.24, 2.45) is 5.92 Å². The predicted octanol–water partition coefficient (Wildman–Crippen LogP) is 2.50. The van der Waals surface area contributed by atoms with Gasteiger partial charge in [-0.2, -0.15) is 0 Å². The van der Waals surface area contributed by atoms with E-state index in [1.165, 1.54) is 32.4 Å². The summed E-state index contributed by atoms with van der Waals surface area (Å²) in [6, 6.07) is 5.98. The van der Waals surface area contributed by atoms with E-state index in [2.05, 4.69) is 15.3 Å². The minimum atomic E-state index is 0.851. The van der Waals surface area contributed by atoms with E-state index in [4.69, 9.17) is 4.74 Å². The topological polar surface area (TPSA) is 49.9 Å². The van der Waals surface area contributed by atoms with Crippen LogP contribution >= 0.6 is 0 Å². The molecule has 19 heavy (non-hydrogen) atoms. The minimum Gasteiger partial charge on any atom is -0.497 e. The number of rotatable bonds is 4. The molecule has 1 aliphatic rings. The Labute approximate surface area is 113 Å². The number of aromatic nitrogens is 2. The maximum Gasteiger partial charge on any atom is 0.121 e. The summed E-state index contributed by atoms with van der Waals surface area (Å²) in [5.74, 6) is 2.83. The molecule has 102 valence electrons. The average Bonchev–Trinajstić information content (AvgIpc) is 2.88. The summed E-state index contributed by atoms with van der Waals surface area (Å²) >= 11 is 0. The number of aryl methyl sites for hydroxylation is 1. The van der Waals surface area contributed by atoms with Crippen LogP contribution in [0, 0.1) is 5.92 Å². The van der Waals surface area contributed by atoms with Gasteiger partial charge < -0.3 is 15.0 Å². The number of aromatic amines is 1. The van der Waals surface area contributed by atoms with E-state index >= 15 is 0 Å². The van der Waals surface area contributed by atoms with Crippen LogP contribution < -0.4 is 10.1 Å². The van der Waals surface area contributed by atoms with Crippen LogP contribution in [0.5, 0.6) is 5.75 Å². The van der Waals surface area contributed by atoms with Crippen LogP contribution in [0.15, 0.2) is 18.2 Å². The molecule has 0 spiro atoms. The van der Waals surface area contributed by atoms with Gasteiger partial charge >= 0.3 is 0 Å². The van der Waals surface area contributed by atoms with Gasteiger partial charge in [-0.05, 0) is 50.4 Å². The van der Waals surface area contributed by atoms with Crippen molar-refractivity contribution in [1.82, 2.24) is 15.3 Å². The Bertz CT molecular complexity index is 543. The fourth-order valence-corrected chi connectivity index (χ4v) is 2.80. The first-order chi connectivity index (χ1) is 9.35. The molecule has 0 radical (unpaired) electrons. The van der Waals surface area contributed by atoms with Crippen molar-refractivity contribution in [3.63, 3.8) is 0 Å². The van der Waals surface area contributed by atoms with Gasteiger partial charge in [0.1, 0.15) is 11.6 Å². The number of hydrogen-bond acceptors (Lipinski definition) is 3. The van der Waals surface area contributed by atoms with Crippen molar-refractivity contribution in [3.8, 4) is 5.75 Å². The third-order valence-corrected chi connectivity index (χ3v) is 3.99. The molecule has 1 aromatic carbocycles. The molecule has 0 bridgehead atoms. The predicted molar refractivity (Wildman–Crippen MR) is 76.6 cm³/mol. The molecule has 2 aromatic rings. The molecule has 1 saturated heterocycles. The Morgan fingerprint density at radius 2 is 2.16 bits per heavy atom. The van der Waals surface area contributed by atoms with E-state index in [-0.39, 0.29) is 0 Å². The van der Waals surface area contributed by atoms with Crippen molar-refractivity contribution >= 4 is 11.0 Å². The molecule has 0 amide bonds. The van der Waals surface area contributed by atoms with Crippen LogP contribution in [-0.4, -0.2) is 30.2 Å². The fraction of sp³-hybridized carbons (Fsp3) is 0.533. The summed E-state index contributed by atoms with van der Waals surface area (Å²) in [6.07, 6.45) is 4.88. The third kappa shape index (κ3) is 2.89. The molecule has 0 aliphatic carbocycles. The van der Waals surface area contributed by atoms with Gasteiger partial charge in [-0.15, -0.1) is 0 Å². The summed E-state index contributed by atoms with van der Waals surface area (Å²) in [6.45, 7) is 2.34. The van der Waals surface area contributed by atoms with E-state index in [9.17, 15) is 0 Å². The average molecular weight is 259 g/mol. The van der Waals surface area contributed by atoms with Crippen LogP contribution in [0.4, 0.5) is 0 Å². The van der Waals surface area contributed by atoms with Gasteiger partial charge in [0.25, 0.3) is 0 Å². The Morgan fingerprint density at radius 3 is 2.95 bits per heavy atom. The Hall–Kier alpha value is -1.55.